The van der Waals surface area contributed by atoms with Gasteiger partial charge in [0.2, 0.25) is 0 Å². The first-order chi connectivity index (χ1) is 10.2. The van der Waals surface area contributed by atoms with Crippen LogP contribution in [0.15, 0.2) is 47.4 Å². The number of fused-ring (bicyclic) bond motifs is 1. The molecule has 0 spiro atoms. The van der Waals surface area contributed by atoms with E-state index in [9.17, 15) is 4.39 Å². The summed E-state index contributed by atoms with van der Waals surface area (Å²) in [5, 5.41) is 3.85. The Balaban J connectivity index is 2.17. The Labute approximate surface area is 126 Å². The van der Waals surface area contributed by atoms with Crippen molar-refractivity contribution in [3.05, 3.63) is 48.3 Å². The highest BCUT2D eigenvalue weighted by Crippen LogP contribution is 2.26. The van der Waals surface area contributed by atoms with Crippen molar-refractivity contribution >= 4 is 28.5 Å². The number of thioether (sulfide) groups is 1. The van der Waals surface area contributed by atoms with Crippen molar-refractivity contribution in [1.29, 1.82) is 0 Å². The van der Waals surface area contributed by atoms with Crippen LogP contribution in [0.1, 0.15) is 0 Å². The van der Waals surface area contributed by atoms with E-state index in [-0.39, 0.29) is 5.82 Å². The van der Waals surface area contributed by atoms with E-state index < -0.39 is 0 Å². The number of nitrogens with zero attached hydrogens (tertiary/aromatic N) is 2. The maximum Gasteiger partial charge on any atom is 0.162 e. The number of hydrogen-bond acceptors (Lipinski definition) is 4. The summed E-state index contributed by atoms with van der Waals surface area (Å²) in [6.45, 7) is 0. The number of halogens is 1. The van der Waals surface area contributed by atoms with Gasteiger partial charge in [0.25, 0.3) is 0 Å². The summed E-state index contributed by atoms with van der Waals surface area (Å²) >= 11 is 1.68. The molecule has 0 unspecified atom stereocenters. The fourth-order valence-corrected chi connectivity index (χ4v) is 2.57. The number of nitrogens with one attached hydrogen (secondary N) is 1. The second kappa shape index (κ2) is 5.69. The molecule has 2 aromatic carbocycles. The highest BCUT2D eigenvalue weighted by molar-refractivity contribution is 7.98. The van der Waals surface area contributed by atoms with Crippen LogP contribution in [0.4, 0.5) is 10.2 Å². The molecule has 3 aromatic rings. The molecule has 3 nitrogen and oxygen atoms in total. The van der Waals surface area contributed by atoms with E-state index in [0.717, 1.165) is 10.9 Å². The molecule has 0 aliphatic rings. The summed E-state index contributed by atoms with van der Waals surface area (Å²) in [5.74, 6) is 0.987. The molecule has 3 rings (SSSR count). The molecule has 106 valence electrons. The molecule has 0 aliphatic carbocycles. The molecule has 21 heavy (non-hydrogen) atoms. The first-order valence-electron chi connectivity index (χ1n) is 6.51. The average molecular weight is 299 g/mol. The van der Waals surface area contributed by atoms with Crippen molar-refractivity contribution in [2.24, 2.45) is 0 Å². The van der Waals surface area contributed by atoms with Crippen molar-refractivity contribution in [2.45, 2.75) is 4.90 Å². The van der Waals surface area contributed by atoms with Crippen LogP contribution in [0.3, 0.4) is 0 Å². The minimum absolute atomic E-state index is 0.299. The maximum absolute atomic E-state index is 13.4. The van der Waals surface area contributed by atoms with Gasteiger partial charge >= 0.3 is 0 Å². The summed E-state index contributed by atoms with van der Waals surface area (Å²) in [7, 11) is 1.80. The molecule has 0 amide bonds. The minimum atomic E-state index is -0.299. The Bertz CT molecular complexity index is 787. The predicted octanol–water partition coefficient (Wildman–Crippen LogP) is 4.20. The van der Waals surface area contributed by atoms with Crippen molar-refractivity contribution in [2.75, 3.05) is 18.6 Å². The molecular formula is C16H14FN3S. The Morgan fingerprint density at radius 1 is 1.05 bits per heavy atom. The van der Waals surface area contributed by atoms with Gasteiger partial charge in [-0.25, -0.2) is 14.4 Å². The fraction of sp³-hybridized carbons (Fsp3) is 0.125. The Hall–Kier alpha value is -2.14. The van der Waals surface area contributed by atoms with Crippen molar-refractivity contribution in [3.8, 4) is 11.4 Å². The van der Waals surface area contributed by atoms with E-state index in [1.807, 2.05) is 30.5 Å². The normalized spacial score (nSPS) is 10.8. The molecule has 0 atom stereocenters. The summed E-state index contributed by atoms with van der Waals surface area (Å²) in [4.78, 5) is 10.2. The van der Waals surface area contributed by atoms with Crippen LogP contribution >= 0.6 is 11.8 Å². The second-order valence-corrected chi connectivity index (χ2v) is 5.42. The Morgan fingerprint density at radius 2 is 1.81 bits per heavy atom. The first-order valence-corrected chi connectivity index (χ1v) is 7.73. The van der Waals surface area contributed by atoms with E-state index in [4.69, 9.17) is 0 Å². The van der Waals surface area contributed by atoms with Gasteiger partial charge in [0, 0.05) is 29.0 Å². The monoisotopic (exact) mass is 299 g/mol. The summed E-state index contributed by atoms with van der Waals surface area (Å²) in [6.07, 6.45) is 2.03. The van der Waals surface area contributed by atoms with Crippen LogP contribution in [0.2, 0.25) is 0 Å². The second-order valence-electron chi connectivity index (χ2n) is 4.54. The van der Waals surface area contributed by atoms with Gasteiger partial charge in [0.05, 0.1) is 5.52 Å². The lowest BCUT2D eigenvalue weighted by atomic mass is 10.2. The molecule has 1 N–H and O–H groups in total. The van der Waals surface area contributed by atoms with E-state index in [1.54, 1.807) is 24.9 Å². The summed E-state index contributed by atoms with van der Waals surface area (Å²) in [6, 6.07) is 12.5. The lowest BCUT2D eigenvalue weighted by Crippen LogP contribution is -1.99. The number of rotatable bonds is 3. The number of hydrogen-bond donors (Lipinski definition) is 1. The third-order valence-electron chi connectivity index (χ3n) is 3.24. The highest BCUT2D eigenvalue weighted by atomic mass is 32.2. The van der Waals surface area contributed by atoms with Crippen LogP contribution in [-0.4, -0.2) is 23.3 Å². The van der Waals surface area contributed by atoms with Gasteiger partial charge < -0.3 is 5.32 Å². The summed E-state index contributed by atoms with van der Waals surface area (Å²) in [5.41, 5.74) is 1.51. The lowest BCUT2D eigenvalue weighted by molar-refractivity contribution is 0.629. The van der Waals surface area contributed by atoms with Crippen LogP contribution in [0.25, 0.3) is 22.3 Å². The van der Waals surface area contributed by atoms with Crippen molar-refractivity contribution in [3.63, 3.8) is 0 Å². The van der Waals surface area contributed by atoms with E-state index >= 15 is 0 Å². The Morgan fingerprint density at radius 3 is 2.48 bits per heavy atom. The molecule has 0 fully saturated rings. The van der Waals surface area contributed by atoms with Crippen LogP contribution in [-0.2, 0) is 0 Å². The van der Waals surface area contributed by atoms with Gasteiger partial charge in [-0.2, -0.15) is 0 Å². The maximum atomic E-state index is 13.4. The lowest BCUT2D eigenvalue weighted by Gasteiger charge is -2.08. The smallest absolute Gasteiger partial charge is 0.162 e. The van der Waals surface area contributed by atoms with Gasteiger partial charge in [0.15, 0.2) is 5.82 Å². The van der Waals surface area contributed by atoms with Gasteiger partial charge in [-0.3, -0.25) is 0 Å². The zero-order valence-electron chi connectivity index (χ0n) is 11.7. The zero-order valence-corrected chi connectivity index (χ0v) is 12.5. The molecule has 0 bridgehead atoms. The number of aromatic nitrogens is 2. The van der Waals surface area contributed by atoms with Crippen molar-refractivity contribution < 1.29 is 4.39 Å². The molecule has 0 saturated carbocycles. The fourth-order valence-electron chi connectivity index (χ4n) is 2.16. The van der Waals surface area contributed by atoms with Crippen LogP contribution in [0.5, 0.6) is 0 Å². The van der Waals surface area contributed by atoms with Crippen LogP contribution < -0.4 is 5.32 Å². The van der Waals surface area contributed by atoms with Crippen molar-refractivity contribution in [1.82, 2.24) is 9.97 Å². The number of benzene rings is 2. The van der Waals surface area contributed by atoms with E-state index in [1.165, 1.54) is 17.0 Å². The summed E-state index contributed by atoms with van der Waals surface area (Å²) < 4.78 is 13.4. The topological polar surface area (TPSA) is 37.8 Å². The quantitative estimate of drug-likeness (QED) is 0.736. The molecule has 0 aliphatic heterocycles. The minimum Gasteiger partial charge on any atom is -0.373 e. The molecular weight excluding hydrogens is 285 g/mol. The standard InChI is InChI=1S/C16H14FN3S/c1-18-16-13-8-5-11(17)9-14(13)19-15(20-16)10-3-6-12(21-2)7-4-10/h3-9H,1-2H3,(H,18,19,20). The number of anilines is 1. The van der Waals surface area contributed by atoms with Gasteiger partial charge in [-0.15, -0.1) is 11.8 Å². The third-order valence-corrected chi connectivity index (χ3v) is 3.99. The Kier molecular flexibility index (Phi) is 3.75. The zero-order chi connectivity index (χ0) is 14.8. The first kappa shape index (κ1) is 13.8. The molecule has 1 aromatic heterocycles. The van der Waals surface area contributed by atoms with E-state index in [0.29, 0.717) is 17.2 Å². The molecule has 5 heteroatoms. The van der Waals surface area contributed by atoms with Gasteiger partial charge in [0.1, 0.15) is 11.6 Å². The molecule has 0 saturated heterocycles. The van der Waals surface area contributed by atoms with Gasteiger partial charge in [-0.05, 0) is 30.5 Å². The van der Waals surface area contributed by atoms with Gasteiger partial charge in [-0.1, -0.05) is 12.1 Å². The predicted molar refractivity (Wildman–Crippen MR) is 86.3 cm³/mol. The van der Waals surface area contributed by atoms with Crippen LogP contribution in [0, 0.1) is 5.82 Å². The largest absolute Gasteiger partial charge is 0.373 e. The van der Waals surface area contributed by atoms with E-state index in [2.05, 4.69) is 15.3 Å². The molecule has 0 radical (unpaired) electrons. The average Bonchev–Trinajstić information content (AvgIpc) is 2.53. The third kappa shape index (κ3) is 2.69. The highest BCUT2D eigenvalue weighted by Gasteiger charge is 2.09. The SMILES string of the molecule is CNc1nc(-c2ccc(SC)cc2)nc2cc(F)ccc12. The molecule has 1 heterocycles.